The number of aromatic nitrogens is 1. The maximum Gasteiger partial charge on any atom is 0.226 e. The summed E-state index contributed by atoms with van der Waals surface area (Å²) in [5.41, 5.74) is 3.32. The highest BCUT2D eigenvalue weighted by molar-refractivity contribution is 5.84. The predicted octanol–water partition coefficient (Wildman–Crippen LogP) is 2.38. The first-order valence-corrected chi connectivity index (χ1v) is 8.28. The molecule has 23 heavy (non-hydrogen) atoms. The van der Waals surface area contributed by atoms with Crippen LogP contribution >= 0.6 is 0 Å². The molecule has 0 bridgehead atoms. The number of rotatable bonds is 2. The number of carbonyl (C=O) groups is 1. The smallest absolute Gasteiger partial charge is 0.226 e. The third-order valence-electron chi connectivity index (χ3n) is 4.87. The number of aryl methyl sites for hydroxylation is 1. The van der Waals surface area contributed by atoms with Gasteiger partial charge in [-0.05, 0) is 36.1 Å². The number of hydrogen-bond acceptors (Lipinski definition) is 3. The lowest BCUT2D eigenvalue weighted by Crippen LogP contribution is -2.47. The van der Waals surface area contributed by atoms with E-state index in [4.69, 9.17) is 9.47 Å². The van der Waals surface area contributed by atoms with Crippen LogP contribution in [-0.2, 0) is 20.7 Å². The molecule has 2 aliphatic rings. The van der Waals surface area contributed by atoms with Crippen molar-refractivity contribution in [2.45, 2.75) is 32.0 Å². The molecule has 0 saturated carbocycles. The van der Waals surface area contributed by atoms with E-state index < -0.39 is 5.79 Å². The second-order valence-corrected chi connectivity index (χ2v) is 6.54. The number of piperidine rings is 1. The Labute approximate surface area is 135 Å². The molecule has 2 fully saturated rings. The van der Waals surface area contributed by atoms with E-state index in [1.165, 1.54) is 0 Å². The van der Waals surface area contributed by atoms with Crippen LogP contribution in [0.4, 0.5) is 0 Å². The maximum absolute atomic E-state index is 12.5. The summed E-state index contributed by atoms with van der Waals surface area (Å²) in [6.45, 7) is 4.81. The van der Waals surface area contributed by atoms with Crippen LogP contribution in [0.5, 0.6) is 0 Å². The summed E-state index contributed by atoms with van der Waals surface area (Å²) in [5.74, 6) is -0.234. The van der Waals surface area contributed by atoms with Crippen LogP contribution < -0.4 is 0 Å². The fourth-order valence-corrected chi connectivity index (χ4v) is 3.61. The van der Waals surface area contributed by atoms with Crippen LogP contribution in [0.1, 0.15) is 24.1 Å². The highest BCUT2D eigenvalue weighted by atomic mass is 16.7. The number of H-pyrrole nitrogens is 1. The molecule has 3 heterocycles. The second kappa shape index (κ2) is 5.65. The molecule has 0 aliphatic carbocycles. The Balaban J connectivity index is 1.41. The Hall–Kier alpha value is -1.85. The minimum atomic E-state index is -0.418. The van der Waals surface area contributed by atoms with Crippen LogP contribution in [0.2, 0.25) is 0 Å². The monoisotopic (exact) mass is 314 g/mol. The minimum Gasteiger partial charge on any atom is -0.359 e. The molecule has 0 atom stereocenters. The number of nitrogens with one attached hydrogen (secondary N) is 1. The van der Waals surface area contributed by atoms with Gasteiger partial charge < -0.3 is 19.4 Å². The van der Waals surface area contributed by atoms with Gasteiger partial charge in [-0.3, -0.25) is 4.79 Å². The Bertz CT molecular complexity index is 721. The third kappa shape index (κ3) is 2.86. The molecule has 1 aromatic heterocycles. The highest BCUT2D eigenvalue weighted by Gasteiger charge is 2.40. The minimum absolute atomic E-state index is 0.185. The SMILES string of the molecule is Cc1cc2cc(CC(=O)N3CCC4(CC3)OCCO4)ccc2[nH]1. The first kappa shape index (κ1) is 14.7. The first-order valence-electron chi connectivity index (χ1n) is 8.28. The van der Waals surface area contributed by atoms with Crippen molar-refractivity contribution in [3.8, 4) is 0 Å². The number of hydrogen-bond donors (Lipinski definition) is 1. The predicted molar refractivity (Wildman–Crippen MR) is 87.2 cm³/mol. The Morgan fingerprint density at radius 3 is 2.70 bits per heavy atom. The van der Waals surface area contributed by atoms with E-state index in [2.05, 4.69) is 23.2 Å². The topological polar surface area (TPSA) is 54.6 Å². The lowest BCUT2D eigenvalue weighted by molar-refractivity contribution is -0.187. The van der Waals surface area contributed by atoms with E-state index >= 15 is 0 Å². The van der Waals surface area contributed by atoms with Gasteiger partial charge in [-0.1, -0.05) is 6.07 Å². The van der Waals surface area contributed by atoms with E-state index in [9.17, 15) is 4.79 Å². The van der Waals surface area contributed by atoms with Crippen LogP contribution in [0.3, 0.4) is 0 Å². The summed E-state index contributed by atoms with van der Waals surface area (Å²) in [7, 11) is 0. The van der Waals surface area contributed by atoms with E-state index in [0.29, 0.717) is 32.7 Å². The molecule has 122 valence electrons. The number of benzene rings is 1. The fourth-order valence-electron chi connectivity index (χ4n) is 3.61. The van der Waals surface area contributed by atoms with Crippen molar-refractivity contribution in [2.75, 3.05) is 26.3 Å². The number of likely N-dealkylation sites (tertiary alicyclic amines) is 1. The molecule has 5 heteroatoms. The molecule has 1 aromatic carbocycles. The highest BCUT2D eigenvalue weighted by Crippen LogP contribution is 2.31. The van der Waals surface area contributed by atoms with E-state index in [1.807, 2.05) is 17.9 Å². The zero-order valence-electron chi connectivity index (χ0n) is 13.4. The Morgan fingerprint density at radius 2 is 1.96 bits per heavy atom. The van der Waals surface area contributed by atoms with Crippen molar-refractivity contribution in [1.82, 2.24) is 9.88 Å². The van der Waals surface area contributed by atoms with Crippen molar-refractivity contribution < 1.29 is 14.3 Å². The van der Waals surface area contributed by atoms with Gasteiger partial charge >= 0.3 is 0 Å². The lowest BCUT2D eigenvalue weighted by Gasteiger charge is -2.37. The summed E-state index contributed by atoms with van der Waals surface area (Å²) in [5, 5.41) is 1.16. The normalized spacial score (nSPS) is 20.5. The van der Waals surface area contributed by atoms with Gasteiger partial charge in [-0.15, -0.1) is 0 Å². The summed E-state index contributed by atoms with van der Waals surface area (Å²) >= 11 is 0. The molecule has 4 rings (SSSR count). The van der Waals surface area contributed by atoms with Gasteiger partial charge in [0.05, 0.1) is 19.6 Å². The quantitative estimate of drug-likeness (QED) is 0.926. The summed E-state index contributed by atoms with van der Waals surface area (Å²) in [6, 6.07) is 8.30. The molecular formula is C18H22N2O3. The Kier molecular flexibility index (Phi) is 3.62. The zero-order chi connectivity index (χ0) is 15.9. The molecule has 2 aromatic rings. The number of amides is 1. The number of nitrogens with zero attached hydrogens (tertiary/aromatic N) is 1. The van der Waals surface area contributed by atoms with Gasteiger partial charge in [-0.25, -0.2) is 0 Å². The molecule has 0 radical (unpaired) electrons. The molecule has 1 spiro atoms. The van der Waals surface area contributed by atoms with Crippen LogP contribution in [0.25, 0.3) is 10.9 Å². The molecule has 2 saturated heterocycles. The van der Waals surface area contributed by atoms with Gasteiger partial charge in [0.2, 0.25) is 5.91 Å². The van der Waals surface area contributed by atoms with Gasteiger partial charge in [0.25, 0.3) is 0 Å². The number of fused-ring (bicyclic) bond motifs is 1. The van der Waals surface area contributed by atoms with E-state index in [-0.39, 0.29) is 5.91 Å². The van der Waals surface area contributed by atoms with Gasteiger partial charge in [0.15, 0.2) is 5.79 Å². The van der Waals surface area contributed by atoms with Crippen molar-refractivity contribution in [1.29, 1.82) is 0 Å². The van der Waals surface area contributed by atoms with Crippen LogP contribution in [0.15, 0.2) is 24.3 Å². The average Bonchev–Trinajstić information content (AvgIpc) is 3.13. The first-order chi connectivity index (χ1) is 11.1. The fraction of sp³-hybridized carbons (Fsp3) is 0.500. The van der Waals surface area contributed by atoms with E-state index in [0.717, 1.165) is 35.0 Å². The van der Waals surface area contributed by atoms with Crippen molar-refractivity contribution >= 4 is 16.8 Å². The summed E-state index contributed by atoms with van der Waals surface area (Å²) in [6.07, 6.45) is 2.00. The average molecular weight is 314 g/mol. The third-order valence-corrected chi connectivity index (χ3v) is 4.87. The number of carbonyl (C=O) groups excluding carboxylic acids is 1. The van der Waals surface area contributed by atoms with Crippen LogP contribution in [0, 0.1) is 6.92 Å². The van der Waals surface area contributed by atoms with Gasteiger partial charge in [-0.2, -0.15) is 0 Å². The number of ether oxygens (including phenoxy) is 2. The van der Waals surface area contributed by atoms with Crippen molar-refractivity contribution in [3.05, 3.63) is 35.5 Å². The Morgan fingerprint density at radius 1 is 1.22 bits per heavy atom. The molecule has 0 unspecified atom stereocenters. The summed E-state index contributed by atoms with van der Waals surface area (Å²) < 4.78 is 11.4. The second-order valence-electron chi connectivity index (χ2n) is 6.54. The van der Waals surface area contributed by atoms with Crippen molar-refractivity contribution in [3.63, 3.8) is 0 Å². The van der Waals surface area contributed by atoms with Gasteiger partial charge in [0, 0.05) is 37.1 Å². The molecule has 2 aliphatic heterocycles. The number of aromatic amines is 1. The molecule has 1 amide bonds. The molecule has 1 N–H and O–H groups in total. The largest absolute Gasteiger partial charge is 0.359 e. The van der Waals surface area contributed by atoms with Crippen molar-refractivity contribution in [2.24, 2.45) is 0 Å². The van der Waals surface area contributed by atoms with Crippen LogP contribution in [-0.4, -0.2) is 47.9 Å². The zero-order valence-corrected chi connectivity index (χ0v) is 13.4. The molecular weight excluding hydrogens is 292 g/mol. The van der Waals surface area contributed by atoms with Gasteiger partial charge in [0.1, 0.15) is 0 Å². The summed E-state index contributed by atoms with van der Waals surface area (Å²) in [4.78, 5) is 17.8. The maximum atomic E-state index is 12.5. The molecule has 5 nitrogen and oxygen atoms in total. The lowest BCUT2D eigenvalue weighted by atomic mass is 10.0. The standard InChI is InChI=1S/C18H22N2O3/c1-13-10-15-11-14(2-3-16(15)19-13)12-17(21)20-6-4-18(5-7-20)22-8-9-23-18/h2-3,10-11,19H,4-9,12H2,1H3. The van der Waals surface area contributed by atoms with E-state index in [1.54, 1.807) is 0 Å².